The zero-order valence-corrected chi connectivity index (χ0v) is 27.2. The highest BCUT2D eigenvalue weighted by Gasteiger charge is 2.22. The quantitative estimate of drug-likeness (QED) is 0.181. The molecule has 3 aromatic heterocycles. The maximum atomic E-state index is 5.17. The van der Waals surface area contributed by atoms with Crippen LogP contribution >= 0.6 is 11.3 Å². The van der Waals surface area contributed by atoms with Gasteiger partial charge in [-0.05, 0) is 47.0 Å². The lowest BCUT2D eigenvalue weighted by atomic mass is 9.94. The van der Waals surface area contributed by atoms with Crippen molar-refractivity contribution < 1.29 is 0 Å². The number of benzene rings is 6. The molecule has 9 rings (SSSR count). The molecule has 0 radical (unpaired) electrons. The molecule has 0 N–H and O–H groups in total. The second kappa shape index (κ2) is 12.4. The summed E-state index contributed by atoms with van der Waals surface area (Å²) in [5.74, 6) is 1.91. The van der Waals surface area contributed by atoms with Gasteiger partial charge in [0.1, 0.15) is 0 Å². The fourth-order valence-corrected chi connectivity index (χ4v) is 7.82. The second-order valence-corrected chi connectivity index (χ2v) is 12.9. The third-order valence-corrected chi connectivity index (χ3v) is 10.1. The number of hydrogen-bond donors (Lipinski definition) is 0. The normalized spacial score (nSPS) is 11.3. The summed E-state index contributed by atoms with van der Waals surface area (Å²) in [6, 6.07) is 56.6. The molecule has 0 atom stereocenters. The van der Waals surface area contributed by atoms with E-state index < -0.39 is 0 Å². The number of hydrogen-bond acceptors (Lipinski definition) is 5. The van der Waals surface area contributed by atoms with Crippen LogP contribution in [0.25, 0.3) is 87.8 Å². The van der Waals surface area contributed by atoms with E-state index in [1.165, 1.54) is 21.4 Å². The van der Waals surface area contributed by atoms with Crippen LogP contribution in [0.15, 0.2) is 170 Å². The zero-order valence-electron chi connectivity index (χ0n) is 26.4. The highest BCUT2D eigenvalue weighted by atomic mass is 32.1. The molecule has 0 aliphatic carbocycles. The molecule has 0 aliphatic rings. The Balaban J connectivity index is 1.40. The Kier molecular flexibility index (Phi) is 7.30. The monoisotopic (exact) mass is 644 g/mol. The number of thiophene rings is 1. The molecule has 3 heterocycles. The SMILES string of the molecule is c1ccc(-c2cc(-c3ccccc3)c3sc4c(-c5ccccn5)ccc(-c5nc(-c6ccccc6)nc(-c6ccccc6)n5)c4c3c2)cc1. The third kappa shape index (κ3) is 5.36. The van der Waals surface area contributed by atoms with Crippen molar-refractivity contribution in [1.29, 1.82) is 0 Å². The minimum absolute atomic E-state index is 0.636. The molecule has 0 amide bonds. The van der Waals surface area contributed by atoms with Crippen LogP contribution in [0, 0.1) is 0 Å². The lowest BCUT2D eigenvalue weighted by Gasteiger charge is -2.12. The largest absolute Gasteiger partial charge is 0.256 e. The Morgan fingerprint density at radius 3 is 1.49 bits per heavy atom. The van der Waals surface area contributed by atoms with Gasteiger partial charge in [-0.3, -0.25) is 4.98 Å². The molecule has 0 spiro atoms. The molecule has 0 bridgehead atoms. The molecule has 0 fully saturated rings. The molecule has 0 saturated heterocycles. The molecule has 0 aliphatic heterocycles. The summed E-state index contributed by atoms with van der Waals surface area (Å²) in [7, 11) is 0. The van der Waals surface area contributed by atoms with Gasteiger partial charge in [0.2, 0.25) is 0 Å². The first-order valence-electron chi connectivity index (χ1n) is 16.2. The summed E-state index contributed by atoms with van der Waals surface area (Å²) in [6.07, 6.45) is 1.86. The van der Waals surface area contributed by atoms with E-state index in [2.05, 4.69) is 91.0 Å². The van der Waals surface area contributed by atoms with Crippen LogP contribution in [0.5, 0.6) is 0 Å². The van der Waals surface area contributed by atoms with Crippen LogP contribution in [0.2, 0.25) is 0 Å². The standard InChI is InChI=1S/C44H28N4S/c1-5-15-29(16-6-1)33-27-36(30-17-7-2-8-18-30)40-37(28-33)39-35(25-24-34(41(39)49-40)38-23-13-14-26-45-38)44-47-42(31-19-9-3-10-20-31)46-43(48-44)32-21-11-4-12-22-32/h1-28H. The Hall–Kier alpha value is -6.30. The Morgan fingerprint density at radius 2 is 0.898 bits per heavy atom. The molecule has 0 saturated carbocycles. The maximum absolute atomic E-state index is 5.17. The minimum Gasteiger partial charge on any atom is -0.256 e. The van der Waals surface area contributed by atoms with E-state index in [0.29, 0.717) is 17.5 Å². The number of fused-ring (bicyclic) bond motifs is 3. The van der Waals surface area contributed by atoms with Gasteiger partial charge in [0.25, 0.3) is 0 Å². The van der Waals surface area contributed by atoms with Gasteiger partial charge in [0, 0.05) is 54.2 Å². The van der Waals surface area contributed by atoms with E-state index in [9.17, 15) is 0 Å². The Bertz CT molecular complexity index is 2510. The second-order valence-electron chi connectivity index (χ2n) is 11.9. The smallest absolute Gasteiger partial charge is 0.164 e. The predicted molar refractivity (Wildman–Crippen MR) is 203 cm³/mol. The van der Waals surface area contributed by atoms with Crippen LogP contribution in [-0.4, -0.2) is 19.9 Å². The van der Waals surface area contributed by atoms with Gasteiger partial charge in [0.15, 0.2) is 17.5 Å². The molecule has 49 heavy (non-hydrogen) atoms. The van der Waals surface area contributed by atoms with Crippen molar-refractivity contribution in [2.45, 2.75) is 0 Å². The highest BCUT2D eigenvalue weighted by Crippen LogP contribution is 2.48. The minimum atomic E-state index is 0.636. The lowest BCUT2D eigenvalue weighted by Crippen LogP contribution is -2.00. The van der Waals surface area contributed by atoms with Crippen molar-refractivity contribution in [1.82, 2.24) is 19.9 Å². The number of nitrogens with zero attached hydrogens (tertiary/aromatic N) is 4. The average Bonchev–Trinajstić information content (AvgIpc) is 3.58. The maximum Gasteiger partial charge on any atom is 0.164 e. The van der Waals surface area contributed by atoms with E-state index in [1.54, 1.807) is 0 Å². The molecule has 9 aromatic rings. The number of pyridine rings is 1. The third-order valence-electron chi connectivity index (χ3n) is 8.79. The molecule has 6 aromatic carbocycles. The van der Waals surface area contributed by atoms with E-state index in [0.717, 1.165) is 49.0 Å². The van der Waals surface area contributed by atoms with Crippen molar-refractivity contribution in [2.24, 2.45) is 0 Å². The van der Waals surface area contributed by atoms with Gasteiger partial charge < -0.3 is 0 Å². The van der Waals surface area contributed by atoms with E-state index in [-0.39, 0.29) is 0 Å². The average molecular weight is 645 g/mol. The molecular weight excluding hydrogens is 617 g/mol. The van der Waals surface area contributed by atoms with Crippen LogP contribution < -0.4 is 0 Å². The summed E-state index contributed by atoms with van der Waals surface area (Å²) >= 11 is 1.81. The van der Waals surface area contributed by atoms with Crippen molar-refractivity contribution in [3.05, 3.63) is 170 Å². The summed E-state index contributed by atoms with van der Waals surface area (Å²) < 4.78 is 2.36. The summed E-state index contributed by atoms with van der Waals surface area (Å²) in [4.78, 5) is 20.1. The van der Waals surface area contributed by atoms with Crippen molar-refractivity contribution in [3.63, 3.8) is 0 Å². The summed E-state index contributed by atoms with van der Waals surface area (Å²) in [5, 5.41) is 2.28. The van der Waals surface area contributed by atoms with Crippen molar-refractivity contribution >= 4 is 31.5 Å². The van der Waals surface area contributed by atoms with Crippen LogP contribution in [0.3, 0.4) is 0 Å². The van der Waals surface area contributed by atoms with Gasteiger partial charge in [0.05, 0.1) is 5.69 Å². The van der Waals surface area contributed by atoms with Crippen LogP contribution in [0.1, 0.15) is 0 Å². The first kappa shape index (κ1) is 28.9. The lowest BCUT2D eigenvalue weighted by molar-refractivity contribution is 1.08. The topological polar surface area (TPSA) is 51.6 Å². The first-order valence-corrected chi connectivity index (χ1v) is 17.0. The molecule has 4 nitrogen and oxygen atoms in total. The van der Waals surface area contributed by atoms with Gasteiger partial charge >= 0.3 is 0 Å². The summed E-state index contributed by atoms with van der Waals surface area (Å²) in [5.41, 5.74) is 9.56. The summed E-state index contributed by atoms with van der Waals surface area (Å²) in [6.45, 7) is 0. The fraction of sp³-hybridized carbons (Fsp3) is 0. The van der Waals surface area contributed by atoms with E-state index in [1.807, 2.05) is 90.3 Å². The molecule has 5 heteroatoms. The van der Waals surface area contributed by atoms with Gasteiger partial charge in [-0.25, -0.2) is 15.0 Å². The van der Waals surface area contributed by atoms with Gasteiger partial charge in [-0.2, -0.15) is 0 Å². The number of aromatic nitrogens is 4. The molecular formula is C44H28N4S. The molecule has 0 unspecified atom stereocenters. The molecule has 230 valence electrons. The van der Waals surface area contributed by atoms with Crippen LogP contribution in [-0.2, 0) is 0 Å². The van der Waals surface area contributed by atoms with E-state index >= 15 is 0 Å². The Morgan fingerprint density at radius 1 is 0.367 bits per heavy atom. The Labute approximate surface area is 288 Å². The predicted octanol–water partition coefficient (Wildman–Crippen LogP) is 11.6. The number of rotatable bonds is 6. The fourth-order valence-electron chi connectivity index (χ4n) is 6.45. The highest BCUT2D eigenvalue weighted by molar-refractivity contribution is 7.27. The first-order chi connectivity index (χ1) is 24.3. The van der Waals surface area contributed by atoms with Crippen LogP contribution in [0.4, 0.5) is 0 Å². The zero-order chi connectivity index (χ0) is 32.6. The van der Waals surface area contributed by atoms with Gasteiger partial charge in [-0.1, -0.05) is 133 Å². The van der Waals surface area contributed by atoms with Gasteiger partial charge in [-0.15, -0.1) is 11.3 Å². The van der Waals surface area contributed by atoms with E-state index in [4.69, 9.17) is 19.9 Å². The van der Waals surface area contributed by atoms with Crippen molar-refractivity contribution in [2.75, 3.05) is 0 Å². The van der Waals surface area contributed by atoms with Crippen molar-refractivity contribution in [3.8, 4) is 67.7 Å².